The third-order valence-corrected chi connectivity index (χ3v) is 3.72. The third-order valence-electron chi connectivity index (χ3n) is 2.81. The fourth-order valence-corrected chi connectivity index (χ4v) is 2.58. The lowest BCUT2D eigenvalue weighted by atomic mass is 10.1. The fourth-order valence-electron chi connectivity index (χ4n) is 1.75. The van der Waals surface area contributed by atoms with E-state index >= 15 is 0 Å². The van der Waals surface area contributed by atoms with Crippen LogP contribution >= 0.6 is 11.8 Å². The van der Waals surface area contributed by atoms with Crippen LogP contribution in [0.25, 0.3) is 6.08 Å². The number of esters is 1. The average molecular weight is 322 g/mol. The van der Waals surface area contributed by atoms with Gasteiger partial charge in [0.2, 0.25) is 0 Å². The molecule has 0 aromatic heterocycles. The monoisotopic (exact) mass is 322 g/mol. The van der Waals surface area contributed by atoms with Gasteiger partial charge in [0, 0.05) is 6.07 Å². The number of carbonyl (C=O) groups is 3. The highest BCUT2D eigenvalue weighted by Crippen LogP contribution is 2.33. The Morgan fingerprint density at radius 1 is 1.41 bits per heavy atom. The van der Waals surface area contributed by atoms with Crippen LogP contribution in [0, 0.1) is 10.1 Å². The molecule has 1 saturated heterocycles. The number of imide groups is 1. The molecule has 0 N–H and O–H groups in total. The van der Waals surface area contributed by atoms with Gasteiger partial charge in [-0.05, 0) is 23.9 Å². The van der Waals surface area contributed by atoms with E-state index in [0.717, 1.165) is 12.0 Å². The topological polar surface area (TPSA) is 107 Å². The highest BCUT2D eigenvalue weighted by Gasteiger charge is 2.36. The molecule has 0 atom stereocenters. The first-order chi connectivity index (χ1) is 10.4. The van der Waals surface area contributed by atoms with Crippen LogP contribution in [0.4, 0.5) is 10.5 Å². The number of hydrogen-bond donors (Lipinski definition) is 0. The summed E-state index contributed by atoms with van der Waals surface area (Å²) in [5, 5.41) is 10.3. The van der Waals surface area contributed by atoms with E-state index in [1.54, 1.807) is 6.07 Å². The van der Waals surface area contributed by atoms with E-state index in [-0.39, 0.29) is 16.2 Å². The predicted octanol–water partition coefficient (Wildman–Crippen LogP) is 1.80. The zero-order valence-electron chi connectivity index (χ0n) is 11.3. The van der Waals surface area contributed by atoms with Crippen LogP contribution < -0.4 is 0 Å². The number of para-hydroxylation sites is 1. The zero-order chi connectivity index (χ0) is 16.3. The van der Waals surface area contributed by atoms with E-state index in [4.69, 9.17) is 0 Å². The molecule has 22 heavy (non-hydrogen) atoms. The molecule has 114 valence electrons. The summed E-state index contributed by atoms with van der Waals surface area (Å²) in [5.41, 5.74) is 0.0262. The largest absolute Gasteiger partial charge is 0.468 e. The van der Waals surface area contributed by atoms with Crippen molar-refractivity contribution in [1.29, 1.82) is 0 Å². The standard InChI is InChI=1S/C13H10N2O6S/c1-21-11(16)7-14-12(17)10(22-13(14)18)6-8-4-2-3-5-9(8)15(19)20/h2-6H,7H2,1H3/b10-6+. The van der Waals surface area contributed by atoms with Crippen molar-refractivity contribution >= 4 is 40.6 Å². The Morgan fingerprint density at radius 2 is 2.09 bits per heavy atom. The van der Waals surface area contributed by atoms with Crippen LogP contribution in [-0.4, -0.2) is 40.6 Å². The molecule has 1 fully saturated rings. The van der Waals surface area contributed by atoms with Crippen LogP contribution in [0.1, 0.15) is 5.56 Å². The van der Waals surface area contributed by atoms with Gasteiger partial charge in [0.1, 0.15) is 6.54 Å². The molecule has 0 saturated carbocycles. The van der Waals surface area contributed by atoms with Crippen molar-refractivity contribution in [2.45, 2.75) is 0 Å². The van der Waals surface area contributed by atoms with E-state index in [1.807, 2.05) is 0 Å². The SMILES string of the molecule is COC(=O)CN1C(=O)S/C(=C/c2ccccc2[N+](=O)[O-])C1=O. The summed E-state index contributed by atoms with van der Waals surface area (Å²) in [7, 11) is 1.14. The molecule has 1 aromatic rings. The summed E-state index contributed by atoms with van der Waals surface area (Å²) in [5.74, 6) is -1.41. The molecule has 0 radical (unpaired) electrons. The van der Waals surface area contributed by atoms with Gasteiger partial charge in [-0.15, -0.1) is 0 Å². The molecule has 2 rings (SSSR count). The van der Waals surface area contributed by atoms with Crippen LogP contribution in [0.15, 0.2) is 29.2 Å². The molecule has 9 heteroatoms. The fraction of sp³-hybridized carbons (Fsp3) is 0.154. The first-order valence-corrected chi connectivity index (χ1v) is 6.81. The van der Waals surface area contributed by atoms with Crippen molar-refractivity contribution in [2.75, 3.05) is 13.7 Å². The number of rotatable bonds is 4. The number of amides is 2. The summed E-state index contributed by atoms with van der Waals surface area (Å²) in [6, 6.07) is 5.84. The van der Waals surface area contributed by atoms with Gasteiger partial charge in [0.25, 0.3) is 16.8 Å². The van der Waals surface area contributed by atoms with Crippen molar-refractivity contribution < 1.29 is 24.0 Å². The number of thioether (sulfide) groups is 1. The van der Waals surface area contributed by atoms with Crippen LogP contribution in [0.2, 0.25) is 0 Å². The second kappa shape index (κ2) is 6.39. The Morgan fingerprint density at radius 3 is 2.73 bits per heavy atom. The Labute approximate surface area is 128 Å². The second-order valence-corrected chi connectivity index (χ2v) is 5.15. The summed E-state index contributed by atoms with van der Waals surface area (Å²) >= 11 is 0.618. The number of nitro benzene ring substituents is 1. The van der Waals surface area contributed by atoms with E-state index in [0.29, 0.717) is 11.8 Å². The van der Waals surface area contributed by atoms with Crippen molar-refractivity contribution in [3.8, 4) is 0 Å². The van der Waals surface area contributed by atoms with Crippen LogP contribution in [0.5, 0.6) is 0 Å². The number of methoxy groups -OCH3 is 1. The Balaban J connectivity index is 2.31. The number of carbonyl (C=O) groups excluding carboxylic acids is 3. The summed E-state index contributed by atoms with van der Waals surface area (Å²) in [6.45, 7) is -0.491. The van der Waals surface area contributed by atoms with Gasteiger partial charge in [-0.25, -0.2) is 0 Å². The third kappa shape index (κ3) is 3.14. The molecule has 1 aliphatic heterocycles. The zero-order valence-corrected chi connectivity index (χ0v) is 12.2. The van der Waals surface area contributed by atoms with Gasteiger partial charge in [0.05, 0.1) is 22.5 Å². The normalized spacial score (nSPS) is 16.2. The van der Waals surface area contributed by atoms with E-state index in [9.17, 15) is 24.5 Å². The Bertz CT molecular complexity index is 700. The molecule has 1 aromatic carbocycles. The lowest BCUT2D eigenvalue weighted by Gasteiger charge is -2.09. The molecular weight excluding hydrogens is 312 g/mol. The first kappa shape index (κ1) is 15.7. The Hall–Kier alpha value is -2.68. The highest BCUT2D eigenvalue weighted by molar-refractivity contribution is 8.18. The lowest BCUT2D eigenvalue weighted by Crippen LogP contribution is -2.34. The lowest BCUT2D eigenvalue weighted by molar-refractivity contribution is -0.385. The van der Waals surface area contributed by atoms with Gasteiger partial charge in [-0.1, -0.05) is 12.1 Å². The summed E-state index contributed by atoms with van der Waals surface area (Å²) in [4.78, 5) is 46.1. The minimum Gasteiger partial charge on any atom is -0.468 e. The molecular formula is C13H10N2O6S. The molecule has 2 amide bonds. The number of nitrogens with zero attached hydrogens (tertiary/aromatic N) is 2. The number of benzene rings is 1. The predicted molar refractivity (Wildman–Crippen MR) is 77.8 cm³/mol. The number of hydrogen-bond acceptors (Lipinski definition) is 7. The minimum absolute atomic E-state index is 0.0169. The minimum atomic E-state index is -0.728. The Kier molecular flexibility index (Phi) is 4.56. The smallest absolute Gasteiger partial charge is 0.325 e. The van der Waals surface area contributed by atoms with Gasteiger partial charge >= 0.3 is 5.97 Å². The van der Waals surface area contributed by atoms with Crippen molar-refractivity contribution in [3.63, 3.8) is 0 Å². The second-order valence-electron chi connectivity index (χ2n) is 4.16. The van der Waals surface area contributed by atoms with Crippen LogP contribution in [0.3, 0.4) is 0 Å². The molecule has 0 spiro atoms. The average Bonchev–Trinajstić information content (AvgIpc) is 2.75. The van der Waals surface area contributed by atoms with Gasteiger partial charge < -0.3 is 4.74 Å². The van der Waals surface area contributed by atoms with E-state index < -0.39 is 28.6 Å². The molecule has 0 bridgehead atoms. The summed E-state index contributed by atoms with van der Waals surface area (Å²) in [6.07, 6.45) is 1.26. The van der Waals surface area contributed by atoms with E-state index in [1.165, 1.54) is 24.3 Å². The maximum atomic E-state index is 12.1. The molecule has 1 heterocycles. The molecule has 1 aliphatic rings. The van der Waals surface area contributed by atoms with E-state index in [2.05, 4.69) is 4.74 Å². The van der Waals surface area contributed by atoms with Gasteiger partial charge in [-0.2, -0.15) is 0 Å². The van der Waals surface area contributed by atoms with Gasteiger partial charge in [-0.3, -0.25) is 29.4 Å². The van der Waals surface area contributed by atoms with Crippen molar-refractivity contribution in [3.05, 3.63) is 44.8 Å². The van der Waals surface area contributed by atoms with Gasteiger partial charge in [0.15, 0.2) is 0 Å². The first-order valence-electron chi connectivity index (χ1n) is 5.99. The number of nitro groups is 1. The summed E-state index contributed by atoms with van der Waals surface area (Å²) < 4.78 is 4.41. The maximum absolute atomic E-state index is 12.1. The molecule has 8 nitrogen and oxygen atoms in total. The molecule has 0 aliphatic carbocycles. The maximum Gasteiger partial charge on any atom is 0.325 e. The van der Waals surface area contributed by atoms with Crippen LogP contribution in [-0.2, 0) is 14.3 Å². The highest BCUT2D eigenvalue weighted by atomic mass is 32.2. The number of ether oxygens (including phenoxy) is 1. The van der Waals surface area contributed by atoms with Crippen molar-refractivity contribution in [1.82, 2.24) is 4.90 Å². The quantitative estimate of drug-likeness (QED) is 0.360. The molecule has 0 unspecified atom stereocenters. The van der Waals surface area contributed by atoms with Crippen molar-refractivity contribution in [2.24, 2.45) is 0 Å².